The van der Waals surface area contributed by atoms with Crippen LogP contribution in [-0.2, 0) is 11.3 Å². The first-order valence-electron chi connectivity index (χ1n) is 12.5. The smallest absolute Gasteiger partial charge is 0.240 e. The lowest BCUT2D eigenvalue weighted by atomic mass is 9.53. The van der Waals surface area contributed by atoms with Crippen molar-refractivity contribution in [3.63, 3.8) is 0 Å². The Bertz CT molecular complexity index is 1350. The standard InChI is InChI=1S/C28H30N4O2/c1-34-21-4-5-25-22(11-21)23(24-10-20-3-2-6-29-27(20)30-24)15-32(25)16-26(33)31-28-12-17-7-18(13-28)9-19(8-17)14-28/h2-6,10-11,15,17-19H,7-9,12-14,16H2,1H3,(H,29,30)(H,31,33). The van der Waals surface area contributed by atoms with Crippen molar-refractivity contribution < 1.29 is 9.53 Å². The fourth-order valence-electron chi connectivity index (χ4n) is 7.61. The number of hydrogen-bond acceptors (Lipinski definition) is 3. The van der Waals surface area contributed by atoms with E-state index in [2.05, 4.69) is 50.3 Å². The summed E-state index contributed by atoms with van der Waals surface area (Å²) in [6.45, 7) is 0.322. The zero-order valence-electron chi connectivity index (χ0n) is 19.5. The van der Waals surface area contributed by atoms with Crippen LogP contribution in [0.25, 0.3) is 33.2 Å². The predicted molar refractivity (Wildman–Crippen MR) is 133 cm³/mol. The van der Waals surface area contributed by atoms with E-state index >= 15 is 0 Å². The molecule has 34 heavy (non-hydrogen) atoms. The van der Waals surface area contributed by atoms with Gasteiger partial charge in [0.05, 0.1) is 7.11 Å². The van der Waals surface area contributed by atoms with E-state index in [-0.39, 0.29) is 11.4 Å². The zero-order valence-corrected chi connectivity index (χ0v) is 19.5. The maximum Gasteiger partial charge on any atom is 0.240 e. The van der Waals surface area contributed by atoms with Crippen molar-refractivity contribution in [1.82, 2.24) is 19.9 Å². The van der Waals surface area contributed by atoms with Gasteiger partial charge in [-0.3, -0.25) is 4.79 Å². The Hall–Kier alpha value is -3.28. The second-order valence-electron chi connectivity index (χ2n) is 10.9. The Morgan fingerprint density at radius 3 is 2.62 bits per heavy atom. The number of nitrogens with zero attached hydrogens (tertiary/aromatic N) is 2. The summed E-state index contributed by atoms with van der Waals surface area (Å²) in [7, 11) is 1.68. The van der Waals surface area contributed by atoms with Gasteiger partial charge in [-0.2, -0.15) is 0 Å². The summed E-state index contributed by atoms with van der Waals surface area (Å²) in [6, 6.07) is 12.2. The van der Waals surface area contributed by atoms with Gasteiger partial charge in [0, 0.05) is 45.5 Å². The number of carbonyl (C=O) groups is 1. The van der Waals surface area contributed by atoms with Gasteiger partial charge in [-0.1, -0.05) is 0 Å². The summed E-state index contributed by atoms with van der Waals surface area (Å²) >= 11 is 0. The van der Waals surface area contributed by atoms with Crippen molar-refractivity contribution in [3.8, 4) is 17.0 Å². The van der Waals surface area contributed by atoms with Gasteiger partial charge in [0.25, 0.3) is 0 Å². The number of ether oxygens (including phenoxy) is 1. The molecule has 4 aliphatic rings. The van der Waals surface area contributed by atoms with E-state index in [9.17, 15) is 4.79 Å². The van der Waals surface area contributed by atoms with Gasteiger partial charge in [0.15, 0.2) is 0 Å². The van der Waals surface area contributed by atoms with Crippen molar-refractivity contribution >= 4 is 27.8 Å². The molecular formula is C28H30N4O2. The van der Waals surface area contributed by atoms with Crippen LogP contribution in [0.3, 0.4) is 0 Å². The minimum absolute atomic E-state index is 0.0314. The van der Waals surface area contributed by atoms with Crippen LogP contribution >= 0.6 is 0 Å². The van der Waals surface area contributed by atoms with E-state index in [1.807, 2.05) is 12.1 Å². The Morgan fingerprint density at radius 1 is 1.15 bits per heavy atom. The largest absolute Gasteiger partial charge is 0.497 e. The number of carbonyl (C=O) groups excluding carboxylic acids is 1. The monoisotopic (exact) mass is 454 g/mol. The number of rotatable bonds is 5. The number of hydrogen-bond donors (Lipinski definition) is 2. The quantitative estimate of drug-likeness (QED) is 0.431. The number of nitrogens with one attached hydrogen (secondary N) is 2. The number of benzene rings is 1. The molecule has 0 spiro atoms. The lowest BCUT2D eigenvalue weighted by molar-refractivity contribution is -0.127. The summed E-state index contributed by atoms with van der Waals surface area (Å²) < 4.78 is 7.59. The van der Waals surface area contributed by atoms with E-state index in [0.717, 1.165) is 56.7 Å². The molecule has 1 aromatic carbocycles. The van der Waals surface area contributed by atoms with Crippen molar-refractivity contribution in [2.45, 2.75) is 50.6 Å². The highest BCUT2D eigenvalue weighted by molar-refractivity contribution is 5.99. The maximum absolute atomic E-state index is 13.4. The van der Waals surface area contributed by atoms with Gasteiger partial charge in [-0.05, 0) is 92.7 Å². The van der Waals surface area contributed by atoms with Crippen molar-refractivity contribution in [1.29, 1.82) is 0 Å². The van der Waals surface area contributed by atoms with E-state index in [0.29, 0.717) is 6.54 Å². The van der Waals surface area contributed by atoms with Crippen LogP contribution in [0.4, 0.5) is 0 Å². The highest BCUT2D eigenvalue weighted by Crippen LogP contribution is 2.55. The highest BCUT2D eigenvalue weighted by atomic mass is 16.5. The fourth-order valence-corrected chi connectivity index (χ4v) is 7.61. The summed E-state index contributed by atoms with van der Waals surface area (Å²) in [5, 5.41) is 5.66. The van der Waals surface area contributed by atoms with Crippen LogP contribution in [0.15, 0.2) is 48.8 Å². The molecule has 0 unspecified atom stereocenters. The third-order valence-corrected chi connectivity index (χ3v) is 8.53. The van der Waals surface area contributed by atoms with E-state index < -0.39 is 0 Å². The molecule has 4 saturated carbocycles. The third kappa shape index (κ3) is 3.23. The molecule has 8 rings (SSSR count). The molecule has 3 heterocycles. The highest BCUT2D eigenvalue weighted by Gasteiger charge is 2.51. The van der Waals surface area contributed by atoms with Crippen molar-refractivity contribution in [2.75, 3.05) is 7.11 Å². The number of pyridine rings is 1. The first-order valence-corrected chi connectivity index (χ1v) is 12.5. The first kappa shape index (κ1) is 20.1. The number of aromatic nitrogens is 3. The summed E-state index contributed by atoms with van der Waals surface area (Å²) in [4.78, 5) is 21.3. The molecule has 0 radical (unpaired) electrons. The van der Waals surface area contributed by atoms with Gasteiger partial charge in [0.1, 0.15) is 17.9 Å². The molecule has 0 atom stereocenters. The van der Waals surface area contributed by atoms with Crippen LogP contribution < -0.4 is 10.1 Å². The molecule has 6 nitrogen and oxygen atoms in total. The van der Waals surface area contributed by atoms with Gasteiger partial charge in [0.2, 0.25) is 5.91 Å². The maximum atomic E-state index is 13.4. The minimum atomic E-state index is 0.0314. The van der Waals surface area contributed by atoms with Crippen molar-refractivity contribution in [3.05, 3.63) is 48.8 Å². The predicted octanol–water partition coefficient (Wildman–Crippen LogP) is 5.28. The third-order valence-electron chi connectivity index (χ3n) is 8.53. The van der Waals surface area contributed by atoms with E-state index in [1.54, 1.807) is 13.3 Å². The average Bonchev–Trinajstić information content (AvgIpc) is 3.38. The molecule has 6 heteroatoms. The van der Waals surface area contributed by atoms with Gasteiger partial charge < -0.3 is 19.6 Å². The average molecular weight is 455 g/mol. The zero-order chi connectivity index (χ0) is 22.9. The number of amides is 1. The summed E-state index contributed by atoms with van der Waals surface area (Å²) in [5.41, 5.74) is 3.97. The lowest BCUT2D eigenvalue weighted by Gasteiger charge is -2.56. The van der Waals surface area contributed by atoms with Gasteiger partial charge >= 0.3 is 0 Å². The lowest BCUT2D eigenvalue weighted by Crippen LogP contribution is -2.60. The molecular weight excluding hydrogens is 424 g/mol. The molecule has 4 bridgehead atoms. The molecule has 0 aliphatic heterocycles. The Kier molecular flexibility index (Phi) is 4.36. The second-order valence-corrected chi connectivity index (χ2v) is 10.9. The molecule has 4 aliphatic carbocycles. The van der Waals surface area contributed by atoms with Gasteiger partial charge in [-0.15, -0.1) is 0 Å². The second kappa shape index (κ2) is 7.36. The summed E-state index contributed by atoms with van der Waals surface area (Å²) in [6.07, 6.45) is 11.5. The Labute approximate surface area is 198 Å². The number of aromatic amines is 1. The number of H-pyrrole nitrogens is 1. The van der Waals surface area contributed by atoms with Crippen LogP contribution in [0.2, 0.25) is 0 Å². The van der Waals surface area contributed by atoms with Crippen molar-refractivity contribution in [2.24, 2.45) is 17.8 Å². The molecule has 0 saturated heterocycles. The fraction of sp³-hybridized carbons (Fsp3) is 0.429. The van der Waals surface area contributed by atoms with Crippen LogP contribution in [-0.4, -0.2) is 33.1 Å². The molecule has 174 valence electrons. The SMILES string of the molecule is COc1ccc2c(c1)c(-c1cc3cccnc3[nH]1)cn2CC(=O)NC12CC3CC(CC(C3)C1)C2. The van der Waals surface area contributed by atoms with Gasteiger partial charge in [-0.25, -0.2) is 4.98 Å². The molecule has 2 N–H and O–H groups in total. The Morgan fingerprint density at radius 2 is 1.91 bits per heavy atom. The Balaban J connectivity index is 1.22. The molecule has 4 aromatic rings. The topological polar surface area (TPSA) is 71.9 Å². The summed E-state index contributed by atoms with van der Waals surface area (Å²) in [5.74, 6) is 3.37. The van der Waals surface area contributed by atoms with Crippen LogP contribution in [0, 0.1) is 17.8 Å². The number of fused-ring (bicyclic) bond motifs is 2. The molecule has 3 aromatic heterocycles. The first-order chi connectivity index (χ1) is 16.6. The van der Waals surface area contributed by atoms with E-state index in [1.165, 1.54) is 38.5 Å². The van der Waals surface area contributed by atoms with Crippen LogP contribution in [0.5, 0.6) is 5.75 Å². The molecule has 1 amide bonds. The van der Waals surface area contributed by atoms with Crippen LogP contribution in [0.1, 0.15) is 38.5 Å². The minimum Gasteiger partial charge on any atom is -0.497 e. The normalized spacial score (nSPS) is 27.5. The van der Waals surface area contributed by atoms with E-state index in [4.69, 9.17) is 4.74 Å². The molecule has 4 fully saturated rings. The number of methoxy groups -OCH3 is 1.